The van der Waals surface area contributed by atoms with E-state index in [9.17, 15) is 8.42 Å². The number of rotatable bonds is 4. The van der Waals surface area contributed by atoms with Crippen LogP contribution in [-0.2, 0) is 14.8 Å². The van der Waals surface area contributed by atoms with Crippen molar-refractivity contribution in [2.24, 2.45) is 0 Å². The highest BCUT2D eigenvalue weighted by Crippen LogP contribution is 2.18. The molecule has 0 amide bonds. The summed E-state index contributed by atoms with van der Waals surface area (Å²) in [6.45, 7) is 3.00. The lowest BCUT2D eigenvalue weighted by molar-refractivity contribution is 0.359. The van der Waals surface area contributed by atoms with Crippen LogP contribution >= 0.6 is 0 Å². The number of ether oxygens (including phenoxy) is 1. The largest absolute Gasteiger partial charge is 0.372 e. The van der Waals surface area contributed by atoms with Gasteiger partial charge in [0.15, 0.2) is 0 Å². The maximum atomic E-state index is 12.2. The number of epoxide rings is 1. The molecule has 92 valence electrons. The van der Waals surface area contributed by atoms with Crippen LogP contribution in [0.3, 0.4) is 0 Å². The summed E-state index contributed by atoms with van der Waals surface area (Å²) in [7, 11) is 0.175. The zero-order valence-corrected chi connectivity index (χ0v) is 11.1. The van der Waals surface area contributed by atoms with Crippen molar-refractivity contribution in [1.82, 2.24) is 4.31 Å². The van der Waals surface area contributed by atoms with Crippen molar-refractivity contribution in [3.05, 3.63) is 23.8 Å². The van der Waals surface area contributed by atoms with E-state index >= 15 is 0 Å². The van der Waals surface area contributed by atoms with Crippen LogP contribution in [0.1, 0.15) is 5.56 Å². The molecule has 0 N–H and O–H groups in total. The second-order valence-corrected chi connectivity index (χ2v) is 6.53. The Labute approximate surface area is 103 Å². The first-order valence-corrected chi connectivity index (χ1v) is 7.00. The van der Waals surface area contributed by atoms with Crippen molar-refractivity contribution in [2.45, 2.75) is 17.9 Å². The van der Waals surface area contributed by atoms with E-state index in [1.165, 1.54) is 4.31 Å². The van der Waals surface area contributed by atoms with Crippen LogP contribution in [0, 0.1) is 6.92 Å². The molecule has 0 bridgehead atoms. The van der Waals surface area contributed by atoms with Crippen molar-refractivity contribution < 1.29 is 13.2 Å². The Morgan fingerprint density at radius 1 is 1.53 bits per heavy atom. The molecule has 0 unspecified atom stereocenters. The van der Waals surface area contributed by atoms with Gasteiger partial charge in [-0.25, -0.2) is 8.42 Å². The molecule has 1 aliphatic heterocycles. The van der Waals surface area contributed by atoms with Gasteiger partial charge >= 0.3 is 0 Å². The minimum atomic E-state index is -3.38. The molecule has 0 aliphatic carbocycles. The summed E-state index contributed by atoms with van der Waals surface area (Å²) < 4.78 is 30.9. The lowest BCUT2D eigenvalue weighted by atomic mass is 9.92. The monoisotopic (exact) mass is 253 g/mol. The summed E-state index contributed by atoms with van der Waals surface area (Å²) in [5.74, 6) is 0. The van der Waals surface area contributed by atoms with Crippen molar-refractivity contribution in [2.75, 3.05) is 20.2 Å². The Morgan fingerprint density at radius 3 is 2.71 bits per heavy atom. The molecule has 6 heteroatoms. The summed E-state index contributed by atoms with van der Waals surface area (Å²) in [6.07, 6.45) is 0.0707. The van der Waals surface area contributed by atoms with Crippen LogP contribution in [0.2, 0.25) is 0 Å². The van der Waals surface area contributed by atoms with Crippen molar-refractivity contribution in [1.29, 1.82) is 0 Å². The van der Waals surface area contributed by atoms with Gasteiger partial charge in [0.05, 0.1) is 17.6 Å². The Balaban J connectivity index is 2.26. The van der Waals surface area contributed by atoms with Crippen LogP contribution in [0.25, 0.3) is 0 Å². The second kappa shape index (κ2) is 4.44. The fraction of sp³-hybridized carbons (Fsp3) is 0.455. The SMILES string of the molecule is Bc1ccc(S(=O)(=O)N(C)C[C@H]2CO2)cc1C. The third kappa shape index (κ3) is 2.70. The van der Waals surface area contributed by atoms with Crippen molar-refractivity contribution >= 4 is 23.3 Å². The molecule has 0 radical (unpaired) electrons. The highest BCUT2D eigenvalue weighted by Gasteiger charge is 2.30. The normalized spacial score (nSPS) is 19.6. The number of benzene rings is 1. The van der Waals surface area contributed by atoms with Gasteiger partial charge in [0, 0.05) is 13.6 Å². The summed E-state index contributed by atoms with van der Waals surface area (Å²) in [5.41, 5.74) is 2.08. The number of sulfonamides is 1. The summed E-state index contributed by atoms with van der Waals surface area (Å²) in [6, 6.07) is 5.21. The second-order valence-electron chi connectivity index (χ2n) is 4.49. The van der Waals surface area contributed by atoms with Crippen molar-refractivity contribution in [3.63, 3.8) is 0 Å². The molecule has 1 atom stereocenters. The Hall–Kier alpha value is -0.845. The van der Waals surface area contributed by atoms with E-state index in [0.717, 1.165) is 11.0 Å². The standard InChI is InChI=1S/C11H16BNO3S/c1-8-5-10(3-4-11(8)12)17(14,15)13(2)6-9-7-16-9/h3-5,9H,6-7,12H2,1-2H3/t9-/m0/s1. The van der Waals surface area contributed by atoms with E-state index in [2.05, 4.69) is 0 Å². The molecule has 1 aromatic rings. The van der Waals surface area contributed by atoms with Gasteiger partial charge in [-0.15, -0.1) is 0 Å². The average molecular weight is 253 g/mol. The molecule has 1 heterocycles. The minimum absolute atomic E-state index is 0.0707. The first kappa shape index (κ1) is 12.6. The molecule has 2 rings (SSSR count). The van der Waals surface area contributed by atoms with Gasteiger partial charge in [0.25, 0.3) is 0 Å². The van der Waals surface area contributed by atoms with E-state index < -0.39 is 10.0 Å². The molecule has 1 fully saturated rings. The molecule has 1 saturated heterocycles. The molecule has 4 nitrogen and oxygen atoms in total. The third-order valence-electron chi connectivity index (χ3n) is 3.05. The molecular formula is C11H16BNO3S. The Bertz CT molecular complexity index is 526. The van der Waals surface area contributed by atoms with Crippen LogP contribution in [0.5, 0.6) is 0 Å². The number of nitrogens with zero attached hydrogens (tertiary/aromatic N) is 1. The van der Waals surface area contributed by atoms with E-state index in [1.54, 1.807) is 19.2 Å². The highest BCUT2D eigenvalue weighted by molar-refractivity contribution is 7.89. The molecule has 0 saturated carbocycles. The fourth-order valence-corrected chi connectivity index (χ4v) is 2.90. The first-order valence-electron chi connectivity index (χ1n) is 5.56. The van der Waals surface area contributed by atoms with Gasteiger partial charge in [-0.2, -0.15) is 4.31 Å². The summed E-state index contributed by atoms with van der Waals surface area (Å²) in [5, 5.41) is 0. The smallest absolute Gasteiger partial charge is 0.242 e. The van der Waals surface area contributed by atoms with Gasteiger partial charge in [0.2, 0.25) is 10.0 Å². The summed E-state index contributed by atoms with van der Waals surface area (Å²) in [4.78, 5) is 0.351. The summed E-state index contributed by atoms with van der Waals surface area (Å²) >= 11 is 0. The average Bonchev–Trinajstić information content (AvgIpc) is 3.05. The zero-order chi connectivity index (χ0) is 12.6. The number of hydrogen-bond donors (Lipinski definition) is 0. The fourth-order valence-electron chi connectivity index (χ4n) is 1.61. The Morgan fingerprint density at radius 2 is 2.18 bits per heavy atom. The van der Waals surface area contributed by atoms with Gasteiger partial charge in [-0.05, 0) is 19.1 Å². The van der Waals surface area contributed by atoms with Gasteiger partial charge in [-0.1, -0.05) is 17.1 Å². The predicted octanol–water partition coefficient (Wildman–Crippen LogP) is -0.727. The molecular weight excluding hydrogens is 237 g/mol. The third-order valence-corrected chi connectivity index (χ3v) is 4.87. The lowest BCUT2D eigenvalue weighted by Gasteiger charge is -2.16. The minimum Gasteiger partial charge on any atom is -0.372 e. The van der Waals surface area contributed by atoms with Gasteiger partial charge < -0.3 is 4.74 Å². The highest BCUT2D eigenvalue weighted by atomic mass is 32.2. The predicted molar refractivity (Wildman–Crippen MR) is 68.9 cm³/mol. The molecule has 0 aromatic heterocycles. The first-order chi connectivity index (χ1) is 7.91. The molecule has 1 aromatic carbocycles. The van der Waals surface area contributed by atoms with E-state index in [4.69, 9.17) is 4.74 Å². The van der Waals surface area contributed by atoms with E-state index in [-0.39, 0.29) is 6.10 Å². The van der Waals surface area contributed by atoms with Gasteiger partial charge in [-0.3, -0.25) is 0 Å². The van der Waals surface area contributed by atoms with Crippen LogP contribution in [0.15, 0.2) is 23.1 Å². The number of hydrogen-bond acceptors (Lipinski definition) is 3. The van der Waals surface area contributed by atoms with E-state index in [0.29, 0.717) is 18.0 Å². The van der Waals surface area contributed by atoms with Crippen molar-refractivity contribution in [3.8, 4) is 0 Å². The van der Waals surface area contributed by atoms with Gasteiger partial charge in [0.1, 0.15) is 7.85 Å². The maximum absolute atomic E-state index is 12.2. The van der Waals surface area contributed by atoms with Crippen LogP contribution in [0.4, 0.5) is 0 Å². The van der Waals surface area contributed by atoms with Crippen LogP contribution in [-0.4, -0.2) is 46.9 Å². The Kier molecular flexibility index (Phi) is 3.29. The maximum Gasteiger partial charge on any atom is 0.242 e. The molecule has 0 spiro atoms. The molecule has 17 heavy (non-hydrogen) atoms. The zero-order valence-electron chi connectivity index (χ0n) is 10.3. The van der Waals surface area contributed by atoms with E-state index in [1.807, 2.05) is 20.8 Å². The quantitative estimate of drug-likeness (QED) is 0.525. The molecule has 1 aliphatic rings. The van der Waals surface area contributed by atoms with Crippen LogP contribution < -0.4 is 5.46 Å². The topological polar surface area (TPSA) is 49.9 Å². The number of likely N-dealkylation sites (N-methyl/N-ethyl adjacent to an activating group) is 1. The number of aryl methyl sites for hydroxylation is 1. The lowest BCUT2D eigenvalue weighted by Crippen LogP contribution is -2.30.